The molecule has 1 aromatic carbocycles. The molecule has 0 saturated carbocycles. The Kier molecular flexibility index (Phi) is 6.28. The van der Waals surface area contributed by atoms with Crippen molar-refractivity contribution in [1.29, 1.82) is 0 Å². The fraction of sp³-hybridized carbons (Fsp3) is 0.500. The molecule has 1 saturated heterocycles. The zero-order valence-corrected chi connectivity index (χ0v) is 14.9. The second kappa shape index (κ2) is 8.85. The molecule has 1 aliphatic heterocycles. The summed E-state index contributed by atoms with van der Waals surface area (Å²) in [5.74, 6) is -0.574. The van der Waals surface area contributed by atoms with Crippen LogP contribution in [-0.4, -0.2) is 41.2 Å². The molecule has 0 spiro atoms. The van der Waals surface area contributed by atoms with E-state index in [1.165, 1.54) is 0 Å². The molecule has 3 rings (SSSR count). The third-order valence-electron chi connectivity index (χ3n) is 5.09. The molecule has 140 valence electrons. The van der Waals surface area contributed by atoms with Crippen LogP contribution in [0.4, 0.5) is 0 Å². The number of fused-ring (bicyclic) bond motifs is 1. The monoisotopic (exact) mass is 358 g/mol. The molecular weight excluding hydrogens is 332 g/mol. The lowest BCUT2D eigenvalue weighted by Crippen LogP contribution is -2.42. The van der Waals surface area contributed by atoms with Crippen LogP contribution in [0.5, 0.6) is 0 Å². The number of carboxylic acids is 1. The zero-order chi connectivity index (χ0) is 18.4. The van der Waals surface area contributed by atoms with E-state index in [1.54, 1.807) is 0 Å². The number of benzene rings is 1. The Hall–Kier alpha value is -2.34. The summed E-state index contributed by atoms with van der Waals surface area (Å²) in [6.45, 7) is 1.62. The SMILES string of the molecule is O=C(CCCC1CCOCC1)NC(Cc1c[nH]c2ccccc12)C(=O)O. The summed E-state index contributed by atoms with van der Waals surface area (Å²) in [5.41, 5.74) is 1.87. The molecule has 1 amide bonds. The Morgan fingerprint density at radius 2 is 2.04 bits per heavy atom. The second-order valence-corrected chi connectivity index (χ2v) is 6.97. The fourth-order valence-corrected chi connectivity index (χ4v) is 3.57. The maximum atomic E-state index is 12.2. The summed E-state index contributed by atoms with van der Waals surface area (Å²) < 4.78 is 5.34. The highest BCUT2D eigenvalue weighted by atomic mass is 16.5. The normalized spacial score (nSPS) is 16.5. The van der Waals surface area contributed by atoms with Crippen molar-refractivity contribution in [2.45, 2.75) is 44.6 Å². The van der Waals surface area contributed by atoms with Gasteiger partial charge < -0.3 is 20.1 Å². The zero-order valence-electron chi connectivity index (χ0n) is 14.9. The Morgan fingerprint density at radius 1 is 1.27 bits per heavy atom. The van der Waals surface area contributed by atoms with Gasteiger partial charge in [-0.1, -0.05) is 18.2 Å². The van der Waals surface area contributed by atoms with Crippen LogP contribution in [0, 0.1) is 5.92 Å². The molecule has 0 aliphatic carbocycles. The number of amides is 1. The molecule has 26 heavy (non-hydrogen) atoms. The van der Waals surface area contributed by atoms with Crippen molar-refractivity contribution in [3.63, 3.8) is 0 Å². The first-order valence-corrected chi connectivity index (χ1v) is 9.28. The van der Waals surface area contributed by atoms with Gasteiger partial charge in [0.25, 0.3) is 0 Å². The van der Waals surface area contributed by atoms with Crippen LogP contribution in [0.15, 0.2) is 30.5 Å². The Morgan fingerprint density at radius 3 is 2.81 bits per heavy atom. The van der Waals surface area contributed by atoms with E-state index in [9.17, 15) is 14.7 Å². The average molecular weight is 358 g/mol. The largest absolute Gasteiger partial charge is 0.480 e. The number of rotatable bonds is 8. The minimum Gasteiger partial charge on any atom is -0.480 e. The summed E-state index contributed by atoms with van der Waals surface area (Å²) in [4.78, 5) is 26.9. The number of hydrogen-bond donors (Lipinski definition) is 3. The molecule has 2 heterocycles. The highest BCUT2D eigenvalue weighted by Gasteiger charge is 2.22. The first kappa shape index (κ1) is 18.5. The van der Waals surface area contributed by atoms with Crippen molar-refractivity contribution in [2.24, 2.45) is 5.92 Å². The van der Waals surface area contributed by atoms with Crippen LogP contribution in [0.3, 0.4) is 0 Å². The third-order valence-corrected chi connectivity index (χ3v) is 5.09. The molecule has 1 aliphatic rings. The second-order valence-electron chi connectivity index (χ2n) is 6.97. The van der Waals surface area contributed by atoms with Crippen molar-refractivity contribution in [1.82, 2.24) is 10.3 Å². The lowest BCUT2D eigenvalue weighted by atomic mass is 9.94. The van der Waals surface area contributed by atoms with Crippen molar-refractivity contribution in [3.8, 4) is 0 Å². The number of ether oxygens (including phenoxy) is 1. The molecule has 0 radical (unpaired) electrons. The summed E-state index contributed by atoms with van der Waals surface area (Å²) in [6, 6.07) is 6.84. The van der Waals surface area contributed by atoms with E-state index in [1.807, 2.05) is 30.5 Å². The van der Waals surface area contributed by atoms with E-state index in [0.29, 0.717) is 12.3 Å². The van der Waals surface area contributed by atoms with Gasteiger partial charge in [-0.2, -0.15) is 0 Å². The Bertz CT molecular complexity index is 749. The van der Waals surface area contributed by atoms with Crippen LogP contribution >= 0.6 is 0 Å². The molecule has 2 aromatic rings. The number of hydrogen-bond acceptors (Lipinski definition) is 3. The van der Waals surface area contributed by atoms with Gasteiger partial charge in [-0.3, -0.25) is 4.79 Å². The topological polar surface area (TPSA) is 91.4 Å². The van der Waals surface area contributed by atoms with Crippen molar-refractivity contribution in [3.05, 3.63) is 36.0 Å². The van der Waals surface area contributed by atoms with Gasteiger partial charge in [0.05, 0.1) is 0 Å². The first-order chi connectivity index (χ1) is 12.6. The fourth-order valence-electron chi connectivity index (χ4n) is 3.57. The smallest absolute Gasteiger partial charge is 0.326 e. The van der Waals surface area contributed by atoms with Gasteiger partial charge in [0.2, 0.25) is 5.91 Å². The number of aromatic amines is 1. The number of para-hydroxylation sites is 1. The first-order valence-electron chi connectivity index (χ1n) is 9.28. The van der Waals surface area contributed by atoms with E-state index in [0.717, 1.165) is 55.4 Å². The van der Waals surface area contributed by atoms with Gasteiger partial charge in [0, 0.05) is 43.2 Å². The van der Waals surface area contributed by atoms with E-state index in [2.05, 4.69) is 10.3 Å². The lowest BCUT2D eigenvalue weighted by Gasteiger charge is -2.21. The van der Waals surface area contributed by atoms with E-state index in [4.69, 9.17) is 4.74 Å². The number of carbonyl (C=O) groups excluding carboxylic acids is 1. The van der Waals surface area contributed by atoms with Crippen LogP contribution in [0.2, 0.25) is 0 Å². The molecule has 1 atom stereocenters. The average Bonchev–Trinajstić information content (AvgIpc) is 3.05. The summed E-state index contributed by atoms with van der Waals surface area (Å²) in [5, 5.41) is 13.2. The van der Waals surface area contributed by atoms with Gasteiger partial charge in [0.1, 0.15) is 6.04 Å². The number of nitrogens with one attached hydrogen (secondary N) is 2. The standard InChI is InChI=1S/C20H26N2O4/c23-19(7-3-4-14-8-10-26-11-9-14)22-18(20(24)25)12-15-13-21-17-6-2-1-5-16(15)17/h1-2,5-6,13-14,18,21H,3-4,7-12H2,(H,22,23)(H,24,25). The number of H-pyrrole nitrogens is 1. The van der Waals surface area contributed by atoms with Gasteiger partial charge in [-0.15, -0.1) is 0 Å². The van der Waals surface area contributed by atoms with Gasteiger partial charge >= 0.3 is 5.97 Å². The minimum atomic E-state index is -1.01. The quantitative estimate of drug-likeness (QED) is 0.677. The number of aromatic nitrogens is 1. The number of aliphatic carboxylic acids is 1. The lowest BCUT2D eigenvalue weighted by molar-refractivity contribution is -0.141. The third kappa shape index (κ3) is 4.85. The van der Waals surface area contributed by atoms with E-state index < -0.39 is 12.0 Å². The van der Waals surface area contributed by atoms with Gasteiger partial charge in [0.15, 0.2) is 0 Å². The predicted octanol–water partition coefficient (Wildman–Crippen LogP) is 2.88. The molecule has 6 heteroatoms. The minimum absolute atomic E-state index is 0.190. The van der Waals surface area contributed by atoms with Gasteiger partial charge in [-0.05, 0) is 43.2 Å². The maximum absolute atomic E-state index is 12.2. The van der Waals surface area contributed by atoms with Gasteiger partial charge in [-0.25, -0.2) is 4.79 Å². The van der Waals surface area contributed by atoms with Crippen LogP contribution < -0.4 is 5.32 Å². The van der Waals surface area contributed by atoms with Crippen molar-refractivity contribution in [2.75, 3.05) is 13.2 Å². The predicted molar refractivity (Wildman–Crippen MR) is 99.0 cm³/mol. The highest BCUT2D eigenvalue weighted by Crippen LogP contribution is 2.21. The molecular formula is C20H26N2O4. The molecule has 3 N–H and O–H groups in total. The Balaban J connectivity index is 1.51. The molecule has 1 aromatic heterocycles. The van der Waals surface area contributed by atoms with Crippen LogP contribution in [-0.2, 0) is 20.7 Å². The van der Waals surface area contributed by atoms with Crippen molar-refractivity contribution >= 4 is 22.8 Å². The Labute approximate surface area is 152 Å². The molecule has 1 unspecified atom stereocenters. The molecule has 0 bridgehead atoms. The van der Waals surface area contributed by atoms with Crippen molar-refractivity contribution < 1.29 is 19.4 Å². The molecule has 6 nitrogen and oxygen atoms in total. The maximum Gasteiger partial charge on any atom is 0.326 e. The van der Waals surface area contributed by atoms with E-state index in [-0.39, 0.29) is 12.3 Å². The summed E-state index contributed by atoms with van der Waals surface area (Å²) in [6.07, 6.45) is 6.35. The summed E-state index contributed by atoms with van der Waals surface area (Å²) in [7, 11) is 0. The highest BCUT2D eigenvalue weighted by molar-refractivity contribution is 5.86. The van der Waals surface area contributed by atoms with E-state index >= 15 is 0 Å². The number of carboxylic acid groups (broad SMARTS) is 1. The number of carbonyl (C=O) groups is 2. The molecule has 1 fully saturated rings. The van der Waals surface area contributed by atoms with Crippen LogP contribution in [0.1, 0.15) is 37.7 Å². The van der Waals surface area contributed by atoms with Crippen LogP contribution in [0.25, 0.3) is 10.9 Å². The summed E-state index contributed by atoms with van der Waals surface area (Å²) >= 11 is 0.